The Kier molecular flexibility index (Phi) is 4.75. The van der Waals surface area contributed by atoms with Crippen molar-refractivity contribution in [2.24, 2.45) is 16.8 Å². The van der Waals surface area contributed by atoms with Crippen LogP contribution in [0.4, 0.5) is 0 Å². The molecule has 0 radical (unpaired) electrons. The number of aliphatic hydroxyl groups excluding tert-OH is 1. The lowest BCUT2D eigenvalue weighted by atomic mass is 9.95. The van der Waals surface area contributed by atoms with Crippen molar-refractivity contribution >= 4 is 5.84 Å². The number of likely N-dealkylation sites (tertiary alicyclic amines) is 1. The molecule has 1 heterocycles. The predicted octanol–water partition coefficient (Wildman–Crippen LogP) is 2.09. The van der Waals surface area contributed by atoms with Crippen molar-refractivity contribution in [3.8, 4) is 6.07 Å². The van der Waals surface area contributed by atoms with E-state index < -0.39 is 0 Å². The van der Waals surface area contributed by atoms with Gasteiger partial charge in [0.15, 0.2) is 0 Å². The molecular formula is C15H21N3O. The van der Waals surface area contributed by atoms with Gasteiger partial charge in [0.25, 0.3) is 0 Å². The van der Waals surface area contributed by atoms with Crippen LogP contribution in [0.2, 0.25) is 0 Å². The highest BCUT2D eigenvalue weighted by molar-refractivity contribution is 5.93. The van der Waals surface area contributed by atoms with Crippen LogP contribution < -0.4 is 0 Å². The second kappa shape index (κ2) is 6.53. The van der Waals surface area contributed by atoms with Crippen molar-refractivity contribution in [1.29, 1.82) is 5.26 Å². The molecule has 2 atom stereocenters. The van der Waals surface area contributed by atoms with Crippen molar-refractivity contribution in [2.75, 3.05) is 13.1 Å². The molecule has 2 fully saturated rings. The van der Waals surface area contributed by atoms with Gasteiger partial charge >= 0.3 is 0 Å². The molecule has 1 N–H and O–H groups in total. The number of fused-ring (bicyclic) bond motifs is 2. The molecule has 0 amide bonds. The Labute approximate surface area is 114 Å². The van der Waals surface area contributed by atoms with E-state index in [1.54, 1.807) is 12.3 Å². The Morgan fingerprint density at radius 2 is 2.11 bits per heavy atom. The Balaban J connectivity index is 2.06. The largest absolute Gasteiger partial charge is 0.392 e. The van der Waals surface area contributed by atoms with E-state index in [9.17, 15) is 5.11 Å². The first kappa shape index (κ1) is 13.8. The molecule has 1 saturated heterocycles. The first-order valence-electron chi connectivity index (χ1n) is 6.91. The number of hydrogen-bond acceptors (Lipinski definition) is 3. The van der Waals surface area contributed by atoms with Crippen LogP contribution >= 0.6 is 0 Å². The molecular weight excluding hydrogens is 238 g/mol. The molecule has 1 saturated carbocycles. The highest BCUT2D eigenvalue weighted by Crippen LogP contribution is 2.36. The number of aliphatic imine (C=N–C) groups is 1. The second-order valence-corrected chi connectivity index (χ2v) is 5.23. The molecule has 0 aromatic rings. The summed E-state index contributed by atoms with van der Waals surface area (Å²) in [6, 6.07) is 2.06. The summed E-state index contributed by atoms with van der Waals surface area (Å²) in [6.45, 7) is 3.74. The number of nitriles is 1. The third-order valence-electron chi connectivity index (χ3n) is 3.95. The molecule has 1 aliphatic heterocycles. The van der Waals surface area contributed by atoms with Crippen LogP contribution in [0.5, 0.6) is 0 Å². The highest BCUT2D eigenvalue weighted by atomic mass is 16.3. The Morgan fingerprint density at radius 1 is 1.42 bits per heavy atom. The second-order valence-electron chi connectivity index (χ2n) is 5.23. The monoisotopic (exact) mass is 259 g/mol. The van der Waals surface area contributed by atoms with Gasteiger partial charge in [-0.05, 0) is 25.8 Å². The quantitative estimate of drug-likeness (QED) is 0.623. The van der Waals surface area contributed by atoms with Gasteiger partial charge in [-0.2, -0.15) is 5.26 Å². The fourth-order valence-electron chi connectivity index (χ4n) is 2.99. The van der Waals surface area contributed by atoms with Gasteiger partial charge in [-0.15, -0.1) is 0 Å². The molecule has 0 aromatic heterocycles. The number of aliphatic hydroxyl groups is 1. The normalized spacial score (nSPS) is 31.3. The smallest absolute Gasteiger partial charge is 0.128 e. The molecule has 1 aliphatic carbocycles. The van der Waals surface area contributed by atoms with Crippen LogP contribution in [0.25, 0.3) is 0 Å². The number of piperidine rings is 1. The van der Waals surface area contributed by atoms with Crippen LogP contribution in [-0.2, 0) is 0 Å². The number of nitrogens with zero attached hydrogens (tertiary/aromatic N) is 3. The summed E-state index contributed by atoms with van der Waals surface area (Å²) in [5, 5.41) is 18.5. The maximum Gasteiger partial charge on any atom is 0.128 e. The van der Waals surface area contributed by atoms with Crippen LogP contribution in [0, 0.1) is 23.2 Å². The van der Waals surface area contributed by atoms with E-state index in [4.69, 9.17) is 5.26 Å². The molecule has 0 aromatic carbocycles. The summed E-state index contributed by atoms with van der Waals surface area (Å²) in [5.74, 6) is 1.70. The summed E-state index contributed by atoms with van der Waals surface area (Å²) in [7, 11) is 0. The van der Waals surface area contributed by atoms with Gasteiger partial charge in [-0.3, -0.25) is 0 Å². The maximum atomic E-state index is 10.0. The summed E-state index contributed by atoms with van der Waals surface area (Å²) in [6.07, 6.45) is 9.93. The molecule has 2 rings (SSSR count). The predicted molar refractivity (Wildman–Crippen MR) is 75.4 cm³/mol. The molecule has 19 heavy (non-hydrogen) atoms. The van der Waals surface area contributed by atoms with E-state index in [2.05, 4.69) is 16.0 Å². The van der Waals surface area contributed by atoms with Crippen LogP contribution in [0.15, 0.2) is 29.4 Å². The van der Waals surface area contributed by atoms with Gasteiger partial charge in [0.2, 0.25) is 0 Å². The summed E-state index contributed by atoms with van der Waals surface area (Å²) >= 11 is 0. The van der Waals surface area contributed by atoms with Crippen molar-refractivity contribution < 1.29 is 5.11 Å². The van der Waals surface area contributed by atoms with Crippen LogP contribution in [-0.4, -0.2) is 35.0 Å². The Hall–Kier alpha value is -1.60. The molecule has 4 nitrogen and oxygen atoms in total. The van der Waals surface area contributed by atoms with Crippen molar-refractivity contribution in [3.05, 3.63) is 24.4 Å². The number of hydrogen-bond donors (Lipinski definition) is 1. The zero-order chi connectivity index (χ0) is 13.7. The van der Waals surface area contributed by atoms with Crippen LogP contribution in [0.1, 0.15) is 26.2 Å². The fraction of sp³-hybridized carbons (Fsp3) is 0.600. The molecule has 102 valence electrons. The van der Waals surface area contributed by atoms with Gasteiger partial charge in [-0.1, -0.05) is 12.2 Å². The van der Waals surface area contributed by atoms with E-state index in [1.165, 1.54) is 0 Å². The zero-order valence-corrected chi connectivity index (χ0v) is 11.4. The van der Waals surface area contributed by atoms with E-state index in [0.29, 0.717) is 18.3 Å². The summed E-state index contributed by atoms with van der Waals surface area (Å²) in [4.78, 5) is 6.69. The standard InChI is InChI=1S/C15H21N3O/c1-2-5-14(17-9-4-3-8-16)18-10-12-6-7-13(11-18)15(12)19/h2,4-5,9,12-13,15,19H,3,6-7,10-11H2,1H3/b5-2-,9-4+,17-14+. The average Bonchev–Trinajstić information content (AvgIpc) is 2.65. The molecule has 2 unspecified atom stereocenters. The van der Waals surface area contributed by atoms with E-state index in [0.717, 1.165) is 31.8 Å². The third kappa shape index (κ3) is 3.24. The van der Waals surface area contributed by atoms with Crippen LogP contribution in [0.3, 0.4) is 0 Å². The highest BCUT2D eigenvalue weighted by Gasteiger charge is 2.41. The van der Waals surface area contributed by atoms with Crippen molar-refractivity contribution in [1.82, 2.24) is 4.90 Å². The lowest BCUT2D eigenvalue weighted by Gasteiger charge is -2.36. The Morgan fingerprint density at radius 3 is 2.68 bits per heavy atom. The number of allylic oxidation sites excluding steroid dienone is 2. The fourth-order valence-corrected chi connectivity index (χ4v) is 2.99. The minimum Gasteiger partial charge on any atom is -0.392 e. The van der Waals surface area contributed by atoms with E-state index in [-0.39, 0.29) is 6.10 Å². The first-order chi connectivity index (χ1) is 9.26. The molecule has 0 spiro atoms. The van der Waals surface area contributed by atoms with E-state index >= 15 is 0 Å². The lowest BCUT2D eigenvalue weighted by Crippen LogP contribution is -2.46. The first-order valence-corrected chi connectivity index (χ1v) is 6.91. The van der Waals surface area contributed by atoms with E-state index in [1.807, 2.05) is 19.1 Å². The molecule has 2 aliphatic rings. The number of rotatable bonds is 3. The topological polar surface area (TPSA) is 59.6 Å². The molecule has 2 bridgehead atoms. The van der Waals surface area contributed by atoms with Crippen molar-refractivity contribution in [2.45, 2.75) is 32.3 Å². The summed E-state index contributed by atoms with van der Waals surface area (Å²) in [5.41, 5.74) is 0. The van der Waals surface area contributed by atoms with Gasteiger partial charge in [0, 0.05) is 31.1 Å². The molecule has 4 heteroatoms. The minimum absolute atomic E-state index is 0.128. The third-order valence-corrected chi connectivity index (χ3v) is 3.95. The minimum atomic E-state index is -0.128. The average molecular weight is 259 g/mol. The van der Waals surface area contributed by atoms with Gasteiger partial charge in [-0.25, -0.2) is 4.99 Å². The maximum absolute atomic E-state index is 10.0. The van der Waals surface area contributed by atoms with Gasteiger partial charge in [0.1, 0.15) is 5.84 Å². The summed E-state index contributed by atoms with van der Waals surface area (Å²) < 4.78 is 0. The van der Waals surface area contributed by atoms with Gasteiger partial charge < -0.3 is 10.0 Å². The zero-order valence-electron chi connectivity index (χ0n) is 11.4. The lowest BCUT2D eigenvalue weighted by molar-refractivity contribution is 0.0405. The van der Waals surface area contributed by atoms with Crippen molar-refractivity contribution in [3.63, 3.8) is 0 Å². The number of amidine groups is 1. The SMILES string of the molecule is C\C=C/C(=N\C=C\CC#N)N1CC2CCC(C1)C2O. The Bertz CT molecular complexity index is 419. The van der Waals surface area contributed by atoms with Gasteiger partial charge in [0.05, 0.1) is 18.6 Å².